The Kier molecular flexibility index (Phi) is 5.65. The van der Waals surface area contributed by atoms with Crippen molar-refractivity contribution < 1.29 is 13.5 Å². The van der Waals surface area contributed by atoms with Crippen molar-refractivity contribution in [2.75, 3.05) is 68.2 Å². The van der Waals surface area contributed by atoms with E-state index in [0.717, 1.165) is 78.7 Å². The smallest absolute Gasteiger partial charge is 0.181 e. The normalized spacial score (nSPS) is 18.7. The third-order valence-electron chi connectivity index (χ3n) is 6.52. The second-order valence-corrected chi connectivity index (χ2v) is 9.45. The molecule has 0 spiro atoms. The molecule has 3 aromatic heterocycles. The number of aromatic amines is 1. The monoisotopic (exact) mass is 482 g/mol. The lowest BCUT2D eigenvalue weighted by molar-refractivity contribution is 0.122. The maximum Gasteiger partial charge on any atom is 0.181 e. The third-order valence-corrected chi connectivity index (χ3v) is 7.10. The molecule has 2 fully saturated rings. The molecule has 12 heteroatoms. The number of rotatable bonds is 5. The van der Waals surface area contributed by atoms with Crippen LogP contribution in [0.15, 0.2) is 36.8 Å². The fraction of sp³-hybridized carbons (Fsp3) is 0.409. The molecule has 0 bridgehead atoms. The number of benzene rings is 1. The summed E-state index contributed by atoms with van der Waals surface area (Å²) in [6.45, 7) is 5.82. The van der Waals surface area contributed by atoms with Crippen molar-refractivity contribution in [1.29, 1.82) is 0 Å². The molecule has 4 aromatic rings. The number of hydrogen-bond acceptors (Lipinski definition) is 8. The van der Waals surface area contributed by atoms with E-state index < -0.39 is 11.1 Å². The van der Waals surface area contributed by atoms with Crippen molar-refractivity contribution >= 4 is 39.3 Å². The minimum Gasteiger partial charge on any atom is -0.378 e. The van der Waals surface area contributed by atoms with E-state index in [0.29, 0.717) is 13.2 Å². The Labute approximate surface area is 198 Å². The number of aromatic nitrogens is 5. The Hall–Kier alpha value is -3.06. The Morgan fingerprint density at radius 1 is 1.06 bits per heavy atom. The van der Waals surface area contributed by atoms with E-state index in [-0.39, 0.29) is 5.88 Å². The fourth-order valence-corrected chi connectivity index (χ4v) is 5.34. The molecule has 0 radical (unpaired) electrons. The van der Waals surface area contributed by atoms with Crippen molar-refractivity contribution in [1.82, 2.24) is 29.5 Å². The van der Waals surface area contributed by atoms with E-state index in [9.17, 15) is 8.76 Å². The zero-order valence-corrected chi connectivity index (χ0v) is 19.4. The van der Waals surface area contributed by atoms with E-state index in [1.54, 1.807) is 0 Å². The van der Waals surface area contributed by atoms with Crippen LogP contribution >= 0.6 is 0 Å². The average molecular weight is 483 g/mol. The molecule has 2 aliphatic heterocycles. The quantitative estimate of drug-likeness (QED) is 0.407. The summed E-state index contributed by atoms with van der Waals surface area (Å²) >= 11 is -1.81. The first-order valence-corrected chi connectivity index (χ1v) is 12.6. The zero-order valence-electron chi connectivity index (χ0n) is 18.6. The Morgan fingerprint density at radius 3 is 2.68 bits per heavy atom. The first-order chi connectivity index (χ1) is 16.7. The maximum atomic E-state index is 11.2. The van der Waals surface area contributed by atoms with Crippen LogP contribution in [0.25, 0.3) is 27.8 Å². The van der Waals surface area contributed by atoms with Crippen LogP contribution in [0.2, 0.25) is 0 Å². The summed E-state index contributed by atoms with van der Waals surface area (Å²) in [5, 5.41) is 8.29. The summed E-state index contributed by atoms with van der Waals surface area (Å²) in [7, 11) is 0. The number of piperazine rings is 1. The molecular weight excluding hydrogens is 456 g/mol. The van der Waals surface area contributed by atoms with Crippen LogP contribution in [0.4, 0.5) is 11.6 Å². The standard InChI is InChI=1S/C22H26N8O3S/c31-34(32)15-27-4-6-28(7-5-27)20-13-23-21-22(29-8-10-33-11-9-29)25-19(14-30(20)21)16-2-1-3-18-17(16)12-24-26-18/h1-3,12-14H,4-11,15H2,(H,24,26)(H,31,32). The van der Waals surface area contributed by atoms with Crippen LogP contribution in [-0.2, 0) is 15.8 Å². The van der Waals surface area contributed by atoms with Crippen LogP contribution in [0.5, 0.6) is 0 Å². The minimum atomic E-state index is -1.81. The van der Waals surface area contributed by atoms with Crippen molar-refractivity contribution in [3.8, 4) is 11.3 Å². The predicted octanol–water partition coefficient (Wildman–Crippen LogP) is 1.41. The zero-order chi connectivity index (χ0) is 23.1. The van der Waals surface area contributed by atoms with Gasteiger partial charge in [0.15, 0.2) is 22.5 Å². The molecule has 0 saturated carbocycles. The van der Waals surface area contributed by atoms with Gasteiger partial charge >= 0.3 is 0 Å². The van der Waals surface area contributed by atoms with Gasteiger partial charge in [-0.3, -0.25) is 14.4 Å². The average Bonchev–Trinajstić information content (AvgIpc) is 3.51. The van der Waals surface area contributed by atoms with Crippen LogP contribution in [0.1, 0.15) is 0 Å². The Balaban J connectivity index is 1.44. The SMILES string of the molecule is O=S(O)CN1CCN(c2cnc3c(N4CCOCC4)nc(-c4cccc5[nH]ncc45)cn23)CC1. The van der Waals surface area contributed by atoms with Gasteiger partial charge in [-0.05, 0) is 6.07 Å². The summed E-state index contributed by atoms with van der Waals surface area (Å²) in [6, 6.07) is 6.09. The molecule has 2 aliphatic rings. The molecular formula is C22H26N8O3S. The highest BCUT2D eigenvalue weighted by Crippen LogP contribution is 2.32. The van der Waals surface area contributed by atoms with E-state index >= 15 is 0 Å². The van der Waals surface area contributed by atoms with Gasteiger partial charge in [0.25, 0.3) is 0 Å². The molecule has 0 amide bonds. The summed E-state index contributed by atoms with van der Waals surface area (Å²) in [4.78, 5) is 16.4. The van der Waals surface area contributed by atoms with Gasteiger partial charge in [0.05, 0.1) is 36.8 Å². The topological polar surface area (TPSA) is 115 Å². The molecule has 1 unspecified atom stereocenters. The number of fused-ring (bicyclic) bond motifs is 2. The van der Waals surface area contributed by atoms with Crippen molar-refractivity contribution in [2.24, 2.45) is 0 Å². The molecule has 34 heavy (non-hydrogen) atoms. The summed E-state index contributed by atoms with van der Waals surface area (Å²) in [5.41, 5.74) is 3.65. The van der Waals surface area contributed by atoms with Crippen LogP contribution in [-0.4, -0.2) is 96.6 Å². The number of hydrogen-bond donors (Lipinski definition) is 2. The van der Waals surface area contributed by atoms with Crippen molar-refractivity contribution in [3.63, 3.8) is 0 Å². The molecule has 178 valence electrons. The lowest BCUT2D eigenvalue weighted by atomic mass is 10.1. The highest BCUT2D eigenvalue weighted by molar-refractivity contribution is 7.79. The second kappa shape index (κ2) is 8.95. The highest BCUT2D eigenvalue weighted by Gasteiger charge is 2.24. The van der Waals surface area contributed by atoms with E-state index in [1.807, 2.05) is 29.4 Å². The van der Waals surface area contributed by atoms with Crippen LogP contribution in [0.3, 0.4) is 0 Å². The van der Waals surface area contributed by atoms with Gasteiger partial charge in [-0.15, -0.1) is 0 Å². The van der Waals surface area contributed by atoms with Gasteiger partial charge in [0, 0.05) is 56.4 Å². The molecule has 2 N–H and O–H groups in total. The molecule has 5 heterocycles. The number of nitrogens with one attached hydrogen (secondary N) is 1. The number of morpholine rings is 1. The number of imidazole rings is 1. The van der Waals surface area contributed by atoms with Gasteiger partial charge in [0.1, 0.15) is 11.7 Å². The predicted molar refractivity (Wildman–Crippen MR) is 131 cm³/mol. The molecule has 1 aromatic carbocycles. The van der Waals surface area contributed by atoms with Gasteiger partial charge in [-0.2, -0.15) is 5.10 Å². The molecule has 2 saturated heterocycles. The lowest BCUT2D eigenvalue weighted by Crippen LogP contribution is -2.47. The van der Waals surface area contributed by atoms with Crippen molar-refractivity contribution in [3.05, 3.63) is 36.8 Å². The summed E-state index contributed by atoms with van der Waals surface area (Å²) in [5.74, 6) is 2.03. The largest absolute Gasteiger partial charge is 0.378 e. The fourth-order valence-electron chi connectivity index (χ4n) is 4.76. The van der Waals surface area contributed by atoms with Gasteiger partial charge < -0.3 is 19.1 Å². The third kappa shape index (κ3) is 3.92. The molecule has 1 atom stereocenters. The van der Waals surface area contributed by atoms with E-state index in [1.165, 1.54) is 0 Å². The molecule has 6 rings (SSSR count). The number of anilines is 2. The van der Waals surface area contributed by atoms with E-state index in [4.69, 9.17) is 14.7 Å². The second-order valence-electron chi connectivity index (χ2n) is 8.55. The highest BCUT2D eigenvalue weighted by atomic mass is 32.2. The Bertz CT molecular complexity index is 1340. The van der Waals surface area contributed by atoms with Crippen molar-refractivity contribution in [2.45, 2.75) is 0 Å². The van der Waals surface area contributed by atoms with E-state index in [2.05, 4.69) is 36.7 Å². The molecule has 0 aliphatic carbocycles. The first kappa shape index (κ1) is 21.5. The maximum absolute atomic E-state index is 11.2. The lowest BCUT2D eigenvalue weighted by Gasteiger charge is -2.34. The number of ether oxygens (including phenoxy) is 1. The van der Waals surface area contributed by atoms with Gasteiger partial charge in [-0.1, -0.05) is 12.1 Å². The first-order valence-electron chi connectivity index (χ1n) is 11.4. The van der Waals surface area contributed by atoms with Crippen LogP contribution in [0, 0.1) is 0 Å². The summed E-state index contributed by atoms with van der Waals surface area (Å²) < 4.78 is 28.1. The van der Waals surface area contributed by atoms with Gasteiger partial charge in [-0.25, -0.2) is 14.2 Å². The van der Waals surface area contributed by atoms with Crippen LogP contribution < -0.4 is 9.80 Å². The van der Waals surface area contributed by atoms with Gasteiger partial charge in [0.2, 0.25) is 0 Å². The Morgan fingerprint density at radius 2 is 1.88 bits per heavy atom. The minimum absolute atomic E-state index is 0.185. The number of H-pyrrole nitrogens is 1. The summed E-state index contributed by atoms with van der Waals surface area (Å²) in [6.07, 6.45) is 5.80. The molecule has 11 nitrogen and oxygen atoms in total. The number of nitrogens with zero attached hydrogens (tertiary/aromatic N) is 7.